The van der Waals surface area contributed by atoms with E-state index in [1.807, 2.05) is 51.5 Å². The Balaban J connectivity index is 2.53. The third-order valence-corrected chi connectivity index (χ3v) is 5.39. The van der Waals surface area contributed by atoms with Gasteiger partial charge in [0.1, 0.15) is 5.75 Å². The number of carbonyl (C=O) groups excluding carboxylic acids is 1. The van der Waals surface area contributed by atoms with Crippen molar-refractivity contribution in [3.63, 3.8) is 0 Å². The van der Waals surface area contributed by atoms with E-state index in [4.69, 9.17) is 10.00 Å². The van der Waals surface area contributed by atoms with E-state index in [9.17, 15) is 18.0 Å². The molecule has 2 rings (SSSR count). The molecule has 0 aliphatic rings. The summed E-state index contributed by atoms with van der Waals surface area (Å²) in [6.07, 6.45) is -2.61. The minimum atomic E-state index is -4.55. The Labute approximate surface area is 177 Å². The molecule has 0 unspecified atom stereocenters. The molecule has 0 atom stereocenters. The highest BCUT2D eigenvalue weighted by atomic mass is 32.1. The molecule has 0 spiro atoms. The lowest BCUT2D eigenvalue weighted by Crippen LogP contribution is -2.21. The van der Waals surface area contributed by atoms with Crippen molar-refractivity contribution >= 4 is 17.2 Å². The lowest BCUT2D eigenvalue weighted by molar-refractivity contribution is -0.153. The number of alkyl halides is 3. The van der Waals surface area contributed by atoms with E-state index in [2.05, 4.69) is 4.99 Å². The van der Waals surface area contributed by atoms with E-state index < -0.39 is 18.7 Å². The standard InChI is InChI=1S/C21H24F3N3O2S/c1-13(2)10-27-11-17(20(3,4)5)30-19(27)26-18(28)15-8-14(9-25)6-7-16(15)29-12-21(22,23)24/h6-8,11,13H,10,12H2,1-5H3. The van der Waals surface area contributed by atoms with E-state index in [0.717, 1.165) is 4.88 Å². The van der Waals surface area contributed by atoms with Gasteiger partial charge in [0, 0.05) is 17.6 Å². The predicted octanol–water partition coefficient (Wildman–Crippen LogP) is 5.06. The van der Waals surface area contributed by atoms with Crippen molar-refractivity contribution in [2.45, 2.75) is 52.8 Å². The van der Waals surface area contributed by atoms with Gasteiger partial charge in [-0.2, -0.15) is 23.4 Å². The van der Waals surface area contributed by atoms with Gasteiger partial charge in [-0.1, -0.05) is 34.6 Å². The lowest BCUT2D eigenvalue weighted by Gasteiger charge is -2.14. The largest absolute Gasteiger partial charge is 0.483 e. The summed E-state index contributed by atoms with van der Waals surface area (Å²) in [7, 11) is 0. The molecule has 1 amide bonds. The van der Waals surface area contributed by atoms with Crippen molar-refractivity contribution < 1.29 is 22.7 Å². The number of benzene rings is 1. The second kappa shape index (κ2) is 9.04. The molecule has 1 aromatic carbocycles. The number of nitriles is 1. The topological polar surface area (TPSA) is 67.4 Å². The van der Waals surface area contributed by atoms with E-state index in [1.165, 1.54) is 29.5 Å². The van der Waals surface area contributed by atoms with Crippen LogP contribution in [0.15, 0.2) is 29.4 Å². The summed E-state index contributed by atoms with van der Waals surface area (Å²) >= 11 is 1.35. The maximum Gasteiger partial charge on any atom is 0.422 e. The van der Waals surface area contributed by atoms with Crippen LogP contribution in [0.4, 0.5) is 13.2 Å². The third-order valence-electron chi connectivity index (χ3n) is 3.95. The van der Waals surface area contributed by atoms with Crippen LogP contribution in [0.3, 0.4) is 0 Å². The fraction of sp³-hybridized carbons (Fsp3) is 0.476. The SMILES string of the molecule is CC(C)Cn1cc(C(C)(C)C)sc1=NC(=O)c1cc(C#N)ccc1OCC(F)(F)F. The number of rotatable bonds is 5. The number of hydrogen-bond acceptors (Lipinski definition) is 4. The summed E-state index contributed by atoms with van der Waals surface area (Å²) in [4.78, 5) is 18.5. The van der Waals surface area contributed by atoms with Crippen LogP contribution in [0.25, 0.3) is 0 Å². The summed E-state index contributed by atoms with van der Waals surface area (Å²) in [5.74, 6) is -0.721. The quantitative estimate of drug-likeness (QED) is 0.654. The maximum atomic E-state index is 12.9. The van der Waals surface area contributed by atoms with Crippen molar-refractivity contribution in [1.82, 2.24) is 4.57 Å². The third kappa shape index (κ3) is 6.46. The summed E-state index contributed by atoms with van der Waals surface area (Å²) in [5.41, 5.74) is -0.202. The first-order valence-electron chi connectivity index (χ1n) is 9.33. The number of ether oxygens (including phenoxy) is 1. The predicted molar refractivity (Wildman–Crippen MR) is 108 cm³/mol. The molecule has 0 aliphatic heterocycles. The first-order valence-corrected chi connectivity index (χ1v) is 10.2. The number of thiazole rings is 1. The van der Waals surface area contributed by atoms with Crippen LogP contribution in [0, 0.1) is 17.2 Å². The Morgan fingerprint density at radius 3 is 2.50 bits per heavy atom. The van der Waals surface area contributed by atoms with E-state index in [-0.39, 0.29) is 22.3 Å². The molecular weight excluding hydrogens is 415 g/mol. The van der Waals surface area contributed by atoms with Crippen molar-refractivity contribution in [2.75, 3.05) is 6.61 Å². The van der Waals surface area contributed by atoms with E-state index in [0.29, 0.717) is 17.3 Å². The Hall–Kier alpha value is -2.60. The first kappa shape index (κ1) is 23.7. The van der Waals surface area contributed by atoms with Crippen LogP contribution in [-0.2, 0) is 12.0 Å². The van der Waals surface area contributed by atoms with Gasteiger partial charge >= 0.3 is 6.18 Å². The summed E-state index contributed by atoms with van der Waals surface area (Å²) < 4.78 is 44.4. The molecule has 0 saturated carbocycles. The van der Waals surface area contributed by atoms with Crippen LogP contribution in [-0.4, -0.2) is 23.3 Å². The zero-order valence-electron chi connectivity index (χ0n) is 17.5. The average Bonchev–Trinajstić information content (AvgIpc) is 3.01. The molecular formula is C21H24F3N3O2S. The first-order chi connectivity index (χ1) is 13.8. The average molecular weight is 440 g/mol. The number of nitrogens with zero attached hydrogens (tertiary/aromatic N) is 3. The molecule has 1 aromatic heterocycles. The van der Waals surface area contributed by atoms with Crippen LogP contribution in [0.5, 0.6) is 5.75 Å². The molecule has 0 saturated heterocycles. The molecule has 0 radical (unpaired) electrons. The summed E-state index contributed by atoms with van der Waals surface area (Å²) in [5, 5.41) is 9.10. The van der Waals surface area contributed by atoms with E-state index >= 15 is 0 Å². The highest BCUT2D eigenvalue weighted by Crippen LogP contribution is 2.26. The molecule has 0 N–H and O–H groups in total. The molecule has 5 nitrogen and oxygen atoms in total. The molecule has 162 valence electrons. The van der Waals surface area contributed by atoms with Crippen LogP contribution < -0.4 is 9.54 Å². The monoisotopic (exact) mass is 439 g/mol. The van der Waals surface area contributed by atoms with E-state index in [1.54, 1.807) is 0 Å². The van der Waals surface area contributed by atoms with Gasteiger partial charge in [-0.25, -0.2) is 0 Å². The second-order valence-electron chi connectivity index (χ2n) is 8.32. The summed E-state index contributed by atoms with van der Waals surface area (Å²) in [6.45, 7) is 9.30. The fourth-order valence-electron chi connectivity index (χ4n) is 2.54. The maximum absolute atomic E-state index is 12.9. The van der Waals surface area contributed by atoms with Gasteiger partial charge in [0.25, 0.3) is 5.91 Å². The minimum absolute atomic E-state index is 0.129. The number of carbonyl (C=O) groups is 1. The lowest BCUT2D eigenvalue weighted by atomic mass is 9.95. The van der Waals surface area contributed by atoms with Gasteiger partial charge in [0.2, 0.25) is 0 Å². The Morgan fingerprint density at radius 2 is 1.97 bits per heavy atom. The Morgan fingerprint density at radius 1 is 1.30 bits per heavy atom. The Kier molecular flexibility index (Phi) is 7.14. The van der Waals surface area contributed by atoms with Gasteiger partial charge in [-0.05, 0) is 29.5 Å². The normalized spacial score (nSPS) is 12.9. The zero-order chi connectivity index (χ0) is 22.7. The smallest absolute Gasteiger partial charge is 0.422 e. The zero-order valence-corrected chi connectivity index (χ0v) is 18.3. The van der Waals surface area contributed by atoms with Gasteiger partial charge < -0.3 is 9.30 Å². The molecule has 0 aliphatic carbocycles. The van der Waals surface area contributed by atoms with Crippen LogP contribution >= 0.6 is 11.3 Å². The van der Waals surface area contributed by atoms with Crippen LogP contribution in [0.1, 0.15) is 55.4 Å². The van der Waals surface area contributed by atoms with Crippen molar-refractivity contribution in [3.8, 4) is 11.8 Å². The molecule has 0 fully saturated rings. The number of halogens is 3. The summed E-state index contributed by atoms with van der Waals surface area (Å²) in [6, 6.07) is 5.55. The van der Waals surface area contributed by atoms with Crippen molar-refractivity contribution in [2.24, 2.45) is 10.9 Å². The number of amides is 1. The highest BCUT2D eigenvalue weighted by Gasteiger charge is 2.29. The molecule has 2 aromatic rings. The number of aromatic nitrogens is 1. The van der Waals surface area contributed by atoms with Crippen LogP contribution in [0.2, 0.25) is 0 Å². The van der Waals surface area contributed by atoms with Gasteiger partial charge in [-0.3, -0.25) is 4.79 Å². The van der Waals surface area contributed by atoms with Gasteiger partial charge in [0.15, 0.2) is 11.4 Å². The second-order valence-corrected chi connectivity index (χ2v) is 9.33. The highest BCUT2D eigenvalue weighted by molar-refractivity contribution is 7.09. The number of hydrogen-bond donors (Lipinski definition) is 0. The molecule has 30 heavy (non-hydrogen) atoms. The molecule has 1 heterocycles. The van der Waals surface area contributed by atoms with Gasteiger partial charge in [-0.15, -0.1) is 11.3 Å². The Bertz CT molecular complexity index is 1020. The van der Waals surface area contributed by atoms with Gasteiger partial charge in [0.05, 0.1) is 17.2 Å². The molecule has 9 heteroatoms. The minimum Gasteiger partial charge on any atom is -0.483 e. The molecule has 0 bridgehead atoms. The fourth-order valence-corrected chi connectivity index (χ4v) is 3.59. The van der Waals surface area contributed by atoms with Crippen molar-refractivity contribution in [1.29, 1.82) is 5.26 Å². The van der Waals surface area contributed by atoms with Crippen molar-refractivity contribution in [3.05, 3.63) is 45.2 Å².